The lowest BCUT2D eigenvalue weighted by Crippen LogP contribution is -2.29. The van der Waals surface area contributed by atoms with Crippen LogP contribution in [0.5, 0.6) is 0 Å². The zero-order valence-electron chi connectivity index (χ0n) is 18.5. The molecule has 8 heteroatoms. The molecule has 1 aliphatic heterocycles. The van der Waals surface area contributed by atoms with Gasteiger partial charge in [0.15, 0.2) is 0 Å². The summed E-state index contributed by atoms with van der Waals surface area (Å²) in [5.41, 5.74) is 5.17. The Bertz CT molecular complexity index is 1500. The maximum Gasteiger partial charge on any atom is 0.253 e. The Hall–Kier alpha value is -3.63. The highest BCUT2D eigenvalue weighted by atomic mass is 35.5. The summed E-state index contributed by atoms with van der Waals surface area (Å²) in [6.07, 6.45) is 5.19. The number of nitriles is 1. The molecule has 2 aromatic heterocycles. The van der Waals surface area contributed by atoms with E-state index in [2.05, 4.69) is 16.0 Å². The zero-order chi connectivity index (χ0) is 24.5. The monoisotopic (exact) mass is 502 g/mol. The minimum atomic E-state index is -0.450. The van der Waals surface area contributed by atoms with Crippen molar-refractivity contribution in [1.29, 1.82) is 5.26 Å². The fourth-order valence-electron chi connectivity index (χ4n) is 4.37. The summed E-state index contributed by atoms with van der Waals surface area (Å²) in [6, 6.07) is 16.6. The fraction of sp³-hybridized carbons (Fsp3) is 0.148. The third-order valence-electron chi connectivity index (χ3n) is 6.17. The van der Waals surface area contributed by atoms with Crippen LogP contribution in [0.25, 0.3) is 27.7 Å². The molecular formula is C27H20Cl2N4O2. The Morgan fingerprint density at radius 1 is 1.14 bits per heavy atom. The number of nitrogens with zero attached hydrogens (tertiary/aromatic N) is 3. The van der Waals surface area contributed by atoms with Crippen LogP contribution in [-0.4, -0.2) is 45.1 Å². The molecule has 35 heavy (non-hydrogen) atoms. The number of amides is 1. The van der Waals surface area contributed by atoms with Crippen LogP contribution in [0.1, 0.15) is 27.9 Å². The lowest BCUT2D eigenvalue weighted by atomic mass is 9.96. The van der Waals surface area contributed by atoms with Gasteiger partial charge in [0, 0.05) is 74.8 Å². The third kappa shape index (κ3) is 4.54. The number of hydrogen-bond acceptors (Lipinski definition) is 4. The molecule has 1 atom stereocenters. The maximum absolute atomic E-state index is 12.7. The van der Waals surface area contributed by atoms with Crippen molar-refractivity contribution in [2.24, 2.45) is 0 Å². The summed E-state index contributed by atoms with van der Waals surface area (Å²) in [4.78, 5) is 22.1. The SMILES string of the molecule is N#C/C=C(\c1ccc(Cl)cc1Cl)c1c[nH]c2ncc(-c3ccc(C(=O)N4CCC(O)C4)cc3)cc12. The quantitative estimate of drug-likeness (QED) is 0.350. The van der Waals surface area contributed by atoms with Gasteiger partial charge in [-0.3, -0.25) is 4.79 Å². The largest absolute Gasteiger partial charge is 0.391 e. The van der Waals surface area contributed by atoms with E-state index in [1.807, 2.05) is 24.4 Å². The molecule has 2 N–H and O–H groups in total. The summed E-state index contributed by atoms with van der Waals surface area (Å²) < 4.78 is 0. The predicted octanol–water partition coefficient (Wildman–Crippen LogP) is 5.70. The number of allylic oxidation sites excluding steroid dienone is 1. The van der Waals surface area contributed by atoms with Gasteiger partial charge >= 0.3 is 0 Å². The molecular weight excluding hydrogens is 483 g/mol. The first-order valence-electron chi connectivity index (χ1n) is 11.0. The van der Waals surface area contributed by atoms with Crippen LogP contribution >= 0.6 is 23.2 Å². The van der Waals surface area contributed by atoms with E-state index in [0.29, 0.717) is 51.9 Å². The van der Waals surface area contributed by atoms with Crippen molar-refractivity contribution in [2.45, 2.75) is 12.5 Å². The van der Waals surface area contributed by atoms with E-state index in [0.717, 1.165) is 22.1 Å². The summed E-state index contributed by atoms with van der Waals surface area (Å²) in [5.74, 6) is -0.0827. The van der Waals surface area contributed by atoms with Crippen molar-refractivity contribution in [2.75, 3.05) is 13.1 Å². The normalized spacial score (nSPS) is 16.0. The summed E-state index contributed by atoms with van der Waals surface area (Å²) >= 11 is 12.5. The molecule has 1 fully saturated rings. The number of aliphatic hydroxyl groups excluding tert-OH is 1. The second-order valence-corrected chi connectivity index (χ2v) is 9.25. The lowest BCUT2D eigenvalue weighted by molar-refractivity contribution is 0.0765. The molecule has 1 unspecified atom stereocenters. The first kappa shape index (κ1) is 23.1. The standard InChI is InChI=1S/C27H20Cl2N4O2/c28-19-5-6-22(25(29)12-19)21(7-9-30)24-14-32-26-23(24)11-18(13-31-26)16-1-3-17(4-2-16)27(35)33-10-8-20(34)15-33/h1-7,11-14,20,34H,8,10,15H2,(H,31,32)/b21-7+. The molecule has 174 valence electrons. The Kier molecular flexibility index (Phi) is 6.31. The molecule has 1 aliphatic rings. The number of likely N-dealkylation sites (tertiary alicyclic amines) is 1. The zero-order valence-corrected chi connectivity index (χ0v) is 20.0. The van der Waals surface area contributed by atoms with Gasteiger partial charge in [0.2, 0.25) is 0 Å². The second kappa shape index (κ2) is 9.55. The molecule has 0 spiro atoms. The van der Waals surface area contributed by atoms with Gasteiger partial charge in [-0.05, 0) is 42.3 Å². The van der Waals surface area contributed by atoms with Gasteiger partial charge in [0.1, 0.15) is 5.65 Å². The Labute approximate surface area is 212 Å². The average molecular weight is 503 g/mol. The lowest BCUT2D eigenvalue weighted by Gasteiger charge is -2.15. The number of aromatic amines is 1. The molecule has 0 radical (unpaired) electrons. The van der Waals surface area contributed by atoms with Gasteiger partial charge in [0.25, 0.3) is 5.91 Å². The molecule has 3 heterocycles. The highest BCUT2D eigenvalue weighted by molar-refractivity contribution is 6.36. The molecule has 0 bridgehead atoms. The molecule has 5 rings (SSSR count). The minimum absolute atomic E-state index is 0.0827. The number of benzene rings is 2. The molecule has 4 aromatic rings. The van der Waals surface area contributed by atoms with Crippen molar-refractivity contribution in [3.8, 4) is 17.2 Å². The Morgan fingerprint density at radius 3 is 2.63 bits per heavy atom. The number of pyridine rings is 1. The molecule has 6 nitrogen and oxygen atoms in total. The van der Waals surface area contributed by atoms with Crippen LogP contribution in [0.2, 0.25) is 10.0 Å². The third-order valence-corrected chi connectivity index (χ3v) is 6.72. The van der Waals surface area contributed by atoms with Gasteiger partial charge < -0.3 is 15.0 Å². The second-order valence-electron chi connectivity index (χ2n) is 8.40. The molecule has 2 aromatic carbocycles. The number of carbonyl (C=O) groups excluding carboxylic acids is 1. The van der Waals surface area contributed by atoms with Gasteiger partial charge in [-0.1, -0.05) is 41.4 Å². The predicted molar refractivity (Wildman–Crippen MR) is 137 cm³/mol. The number of hydrogen-bond donors (Lipinski definition) is 2. The number of H-pyrrole nitrogens is 1. The van der Waals surface area contributed by atoms with Crippen LogP contribution in [0.4, 0.5) is 0 Å². The Morgan fingerprint density at radius 2 is 1.94 bits per heavy atom. The van der Waals surface area contributed by atoms with E-state index in [1.54, 1.807) is 41.4 Å². The molecule has 0 saturated carbocycles. The number of rotatable bonds is 4. The minimum Gasteiger partial charge on any atom is -0.391 e. The maximum atomic E-state index is 12.7. The van der Waals surface area contributed by atoms with Gasteiger partial charge in [-0.25, -0.2) is 4.98 Å². The number of aliphatic hydroxyl groups is 1. The van der Waals surface area contributed by atoms with E-state index >= 15 is 0 Å². The first-order chi connectivity index (χ1) is 16.9. The number of halogens is 2. The van der Waals surface area contributed by atoms with Crippen molar-refractivity contribution in [3.63, 3.8) is 0 Å². The van der Waals surface area contributed by atoms with Crippen LogP contribution in [0.3, 0.4) is 0 Å². The number of aromatic nitrogens is 2. The summed E-state index contributed by atoms with van der Waals surface area (Å²) in [6.45, 7) is 0.933. The van der Waals surface area contributed by atoms with E-state index in [-0.39, 0.29) is 5.91 Å². The summed E-state index contributed by atoms with van der Waals surface area (Å²) in [5, 5.41) is 21.0. The van der Waals surface area contributed by atoms with E-state index < -0.39 is 6.10 Å². The highest BCUT2D eigenvalue weighted by Gasteiger charge is 2.25. The van der Waals surface area contributed by atoms with Crippen LogP contribution in [0.15, 0.2) is 67.0 Å². The number of nitrogens with one attached hydrogen (secondary N) is 1. The van der Waals surface area contributed by atoms with Gasteiger partial charge in [-0.2, -0.15) is 5.26 Å². The number of fused-ring (bicyclic) bond motifs is 1. The first-order valence-corrected chi connectivity index (χ1v) is 11.8. The number of carbonyl (C=O) groups is 1. The van der Waals surface area contributed by atoms with Crippen LogP contribution < -0.4 is 0 Å². The van der Waals surface area contributed by atoms with Gasteiger partial charge in [-0.15, -0.1) is 0 Å². The van der Waals surface area contributed by atoms with Crippen LogP contribution in [-0.2, 0) is 0 Å². The van der Waals surface area contributed by atoms with Crippen LogP contribution in [0, 0.1) is 11.3 Å². The highest BCUT2D eigenvalue weighted by Crippen LogP contribution is 2.35. The Balaban J connectivity index is 1.50. The average Bonchev–Trinajstić information content (AvgIpc) is 3.48. The topological polar surface area (TPSA) is 93.0 Å². The number of β-amino-alcohol motifs (C(OH)–C–C–N with tert-alkyl or cyclic N) is 1. The van der Waals surface area contributed by atoms with E-state index in [9.17, 15) is 15.2 Å². The smallest absolute Gasteiger partial charge is 0.253 e. The molecule has 1 saturated heterocycles. The van der Waals surface area contributed by atoms with Crippen molar-refractivity contribution >= 4 is 45.7 Å². The van der Waals surface area contributed by atoms with Crippen molar-refractivity contribution < 1.29 is 9.90 Å². The van der Waals surface area contributed by atoms with E-state index in [4.69, 9.17) is 23.2 Å². The van der Waals surface area contributed by atoms with Crippen molar-refractivity contribution in [3.05, 3.63) is 93.7 Å². The molecule has 1 amide bonds. The van der Waals surface area contributed by atoms with E-state index in [1.165, 1.54) is 6.08 Å². The molecule has 0 aliphatic carbocycles. The summed E-state index contributed by atoms with van der Waals surface area (Å²) in [7, 11) is 0. The fourth-order valence-corrected chi connectivity index (χ4v) is 4.88. The van der Waals surface area contributed by atoms with Gasteiger partial charge in [0.05, 0.1) is 12.2 Å². The van der Waals surface area contributed by atoms with Crippen molar-refractivity contribution in [1.82, 2.24) is 14.9 Å².